The third-order valence-electron chi connectivity index (χ3n) is 6.83. The highest BCUT2D eigenvalue weighted by Crippen LogP contribution is 2.46. The van der Waals surface area contributed by atoms with Gasteiger partial charge in [0.05, 0.1) is 16.6 Å². The van der Waals surface area contributed by atoms with Gasteiger partial charge in [-0.2, -0.15) is 0 Å². The molecule has 1 aromatic heterocycles. The maximum absolute atomic E-state index is 13.6. The molecule has 0 bridgehead atoms. The minimum absolute atomic E-state index is 0.0559. The van der Waals surface area contributed by atoms with Gasteiger partial charge in [0, 0.05) is 58.8 Å². The van der Waals surface area contributed by atoms with Crippen LogP contribution in [0.2, 0.25) is 0 Å². The van der Waals surface area contributed by atoms with E-state index in [1.165, 1.54) is 12.1 Å². The molecule has 0 radical (unpaired) electrons. The number of dihydropyridines is 1. The summed E-state index contributed by atoms with van der Waals surface area (Å²) in [4.78, 5) is 39.1. The number of nitro groups is 1. The van der Waals surface area contributed by atoms with E-state index in [1.807, 2.05) is 17.5 Å². The molecule has 35 heavy (non-hydrogen) atoms. The number of carbonyl (C=O) groups excluding carboxylic acids is 2. The maximum atomic E-state index is 13.6. The molecule has 2 aromatic rings. The third kappa shape index (κ3) is 4.66. The fourth-order valence-corrected chi connectivity index (χ4v) is 6.04. The molecular weight excluding hydrogens is 468 g/mol. The Labute approximate surface area is 206 Å². The number of ketones is 1. The van der Waals surface area contributed by atoms with Crippen LogP contribution in [0.3, 0.4) is 0 Å². The van der Waals surface area contributed by atoms with Gasteiger partial charge in [0.25, 0.3) is 5.69 Å². The molecular formula is C26H26N2O6S. The Kier molecular flexibility index (Phi) is 6.53. The van der Waals surface area contributed by atoms with E-state index >= 15 is 0 Å². The molecule has 1 aromatic carbocycles. The van der Waals surface area contributed by atoms with Crippen molar-refractivity contribution in [2.75, 3.05) is 13.2 Å². The zero-order valence-electron chi connectivity index (χ0n) is 19.3. The summed E-state index contributed by atoms with van der Waals surface area (Å²) in [7, 11) is 0. The van der Waals surface area contributed by atoms with Crippen LogP contribution >= 0.6 is 11.3 Å². The fraction of sp³-hybridized carbons (Fsp3) is 0.385. The fourth-order valence-electron chi connectivity index (χ4n) is 5.21. The van der Waals surface area contributed by atoms with E-state index in [9.17, 15) is 19.7 Å². The van der Waals surface area contributed by atoms with Crippen molar-refractivity contribution in [3.05, 3.63) is 84.9 Å². The van der Waals surface area contributed by atoms with Crippen LogP contribution in [0, 0.1) is 10.1 Å². The molecule has 182 valence electrons. The quantitative estimate of drug-likeness (QED) is 0.351. The number of carbonyl (C=O) groups is 2. The van der Waals surface area contributed by atoms with Gasteiger partial charge in [0.1, 0.15) is 6.61 Å². The third-order valence-corrected chi connectivity index (χ3v) is 7.87. The number of non-ortho nitro benzene ring substituents is 1. The van der Waals surface area contributed by atoms with Gasteiger partial charge < -0.3 is 14.8 Å². The van der Waals surface area contributed by atoms with Gasteiger partial charge in [-0.1, -0.05) is 18.2 Å². The number of esters is 1. The summed E-state index contributed by atoms with van der Waals surface area (Å²) < 4.78 is 11.2. The summed E-state index contributed by atoms with van der Waals surface area (Å²) in [6.45, 7) is 2.57. The van der Waals surface area contributed by atoms with Crippen LogP contribution < -0.4 is 5.32 Å². The highest BCUT2D eigenvalue weighted by molar-refractivity contribution is 7.10. The molecule has 0 saturated carbocycles. The van der Waals surface area contributed by atoms with E-state index in [1.54, 1.807) is 30.4 Å². The first-order valence-corrected chi connectivity index (χ1v) is 12.6. The molecule has 8 nitrogen and oxygen atoms in total. The van der Waals surface area contributed by atoms with E-state index in [0.29, 0.717) is 41.9 Å². The Bertz CT molecular complexity index is 1230. The van der Waals surface area contributed by atoms with Gasteiger partial charge >= 0.3 is 5.97 Å². The summed E-state index contributed by atoms with van der Waals surface area (Å²) >= 11 is 1.62. The lowest BCUT2D eigenvalue weighted by Gasteiger charge is -2.36. The van der Waals surface area contributed by atoms with E-state index in [2.05, 4.69) is 5.32 Å². The van der Waals surface area contributed by atoms with Crippen LogP contribution in [0.25, 0.3) is 0 Å². The molecule has 1 fully saturated rings. The topological polar surface area (TPSA) is 108 Å². The van der Waals surface area contributed by atoms with Gasteiger partial charge in [0.2, 0.25) is 0 Å². The standard InChI is InChI=1S/C26H26N2O6S/c1-15-23(26(30)34-14-19-7-3-9-33-19)24(16-5-2-6-18(11-16)28(31)32)25-20(27-15)12-17(13-21(25)29)22-8-4-10-35-22/h2,4-6,8,10-11,17,19,24,27H,3,7,9,12-14H2,1H3/t17-,19?,24-/m1/s1. The molecule has 3 atom stereocenters. The van der Waals surface area contributed by atoms with Gasteiger partial charge in [0.15, 0.2) is 5.78 Å². The Balaban J connectivity index is 1.53. The summed E-state index contributed by atoms with van der Waals surface area (Å²) in [6.07, 6.45) is 2.57. The average Bonchev–Trinajstić information content (AvgIpc) is 3.56. The minimum Gasteiger partial charge on any atom is -0.459 e. The summed E-state index contributed by atoms with van der Waals surface area (Å²) in [5, 5.41) is 16.8. The maximum Gasteiger partial charge on any atom is 0.336 e. The molecule has 9 heteroatoms. The van der Waals surface area contributed by atoms with Crippen molar-refractivity contribution in [1.29, 1.82) is 0 Å². The van der Waals surface area contributed by atoms with Crippen molar-refractivity contribution in [1.82, 2.24) is 5.32 Å². The number of rotatable bonds is 6. The van der Waals surface area contributed by atoms with Crippen molar-refractivity contribution < 1.29 is 24.0 Å². The Hall–Kier alpha value is -3.30. The van der Waals surface area contributed by atoms with E-state index in [4.69, 9.17) is 9.47 Å². The number of thiophene rings is 1. The van der Waals surface area contributed by atoms with Gasteiger partial charge in [-0.3, -0.25) is 14.9 Å². The van der Waals surface area contributed by atoms with Gasteiger partial charge in [-0.25, -0.2) is 4.79 Å². The van der Waals surface area contributed by atoms with Crippen LogP contribution in [-0.4, -0.2) is 36.0 Å². The number of nitrogens with one attached hydrogen (secondary N) is 1. The number of nitrogens with zero attached hydrogens (tertiary/aromatic N) is 1. The molecule has 1 unspecified atom stereocenters. The van der Waals surface area contributed by atoms with Crippen LogP contribution in [0.15, 0.2) is 64.3 Å². The number of Topliss-reactive ketones (excluding diaryl/α,β-unsaturated/α-hetero) is 1. The number of benzene rings is 1. The molecule has 0 amide bonds. The second-order valence-electron chi connectivity index (χ2n) is 9.12. The van der Waals surface area contributed by atoms with E-state index in [0.717, 1.165) is 23.4 Å². The lowest BCUT2D eigenvalue weighted by atomic mass is 9.72. The summed E-state index contributed by atoms with van der Waals surface area (Å²) in [5.74, 6) is -1.28. The smallest absolute Gasteiger partial charge is 0.336 e. The first kappa shape index (κ1) is 23.4. The zero-order chi connectivity index (χ0) is 24.5. The highest BCUT2D eigenvalue weighted by atomic mass is 32.1. The van der Waals surface area contributed by atoms with Crippen LogP contribution in [0.4, 0.5) is 5.69 Å². The predicted molar refractivity (Wildman–Crippen MR) is 130 cm³/mol. The second kappa shape index (κ2) is 9.75. The number of hydrogen-bond donors (Lipinski definition) is 1. The number of nitro benzene ring substituents is 1. The lowest BCUT2D eigenvalue weighted by molar-refractivity contribution is -0.384. The van der Waals surface area contributed by atoms with Crippen LogP contribution in [-0.2, 0) is 19.1 Å². The monoisotopic (exact) mass is 494 g/mol. The second-order valence-corrected chi connectivity index (χ2v) is 10.1. The molecule has 1 N–H and O–H groups in total. The Morgan fingerprint density at radius 2 is 2.14 bits per heavy atom. The van der Waals surface area contributed by atoms with Crippen molar-refractivity contribution in [2.45, 2.75) is 50.5 Å². The number of ether oxygens (including phenoxy) is 2. The predicted octanol–water partition coefficient (Wildman–Crippen LogP) is 4.74. The van der Waals surface area contributed by atoms with Crippen molar-refractivity contribution in [3.63, 3.8) is 0 Å². The minimum atomic E-state index is -0.736. The molecule has 0 spiro atoms. The van der Waals surface area contributed by atoms with Crippen molar-refractivity contribution in [2.24, 2.45) is 0 Å². The summed E-state index contributed by atoms with van der Waals surface area (Å²) in [6, 6.07) is 10.2. The largest absolute Gasteiger partial charge is 0.459 e. The lowest BCUT2D eigenvalue weighted by Crippen LogP contribution is -2.36. The van der Waals surface area contributed by atoms with Crippen LogP contribution in [0.5, 0.6) is 0 Å². The van der Waals surface area contributed by atoms with Crippen molar-refractivity contribution >= 4 is 28.8 Å². The highest BCUT2D eigenvalue weighted by Gasteiger charge is 2.42. The molecule has 3 aliphatic rings. The van der Waals surface area contributed by atoms with Gasteiger partial charge in [-0.05, 0) is 43.2 Å². The number of hydrogen-bond acceptors (Lipinski definition) is 8. The SMILES string of the molecule is CC1=C(C(=O)OCC2CCCO2)[C@@H](c2cccc([N+](=O)[O-])c2)C2=C(C[C@@H](c3cccs3)CC2=O)N1. The zero-order valence-corrected chi connectivity index (χ0v) is 20.1. The molecule has 1 aliphatic carbocycles. The Morgan fingerprint density at radius 3 is 2.86 bits per heavy atom. The van der Waals surface area contributed by atoms with E-state index < -0.39 is 16.8 Å². The first-order valence-electron chi connectivity index (χ1n) is 11.7. The van der Waals surface area contributed by atoms with Gasteiger partial charge in [-0.15, -0.1) is 11.3 Å². The molecule has 3 heterocycles. The van der Waals surface area contributed by atoms with E-state index in [-0.39, 0.29) is 30.1 Å². The normalized spacial score (nSPS) is 24.3. The van der Waals surface area contributed by atoms with Crippen LogP contribution in [0.1, 0.15) is 54.9 Å². The number of allylic oxidation sites excluding steroid dienone is 3. The molecule has 5 rings (SSSR count). The summed E-state index contributed by atoms with van der Waals surface area (Å²) in [5.41, 5.74) is 2.60. The molecule has 1 saturated heterocycles. The molecule has 2 aliphatic heterocycles. The van der Waals surface area contributed by atoms with Crippen molar-refractivity contribution in [3.8, 4) is 0 Å². The first-order chi connectivity index (χ1) is 16.9. The average molecular weight is 495 g/mol. The Morgan fingerprint density at radius 1 is 1.29 bits per heavy atom.